The molecular weight excluding hydrogens is 341 g/mol. The van der Waals surface area contributed by atoms with Crippen LogP contribution in [0.3, 0.4) is 0 Å². The molecule has 0 aliphatic carbocycles. The summed E-state index contributed by atoms with van der Waals surface area (Å²) < 4.78 is 25.2. The van der Waals surface area contributed by atoms with Gasteiger partial charge in [-0.3, -0.25) is 4.79 Å². The highest BCUT2D eigenvalue weighted by molar-refractivity contribution is 5.93. The van der Waals surface area contributed by atoms with E-state index in [-0.39, 0.29) is 24.0 Å². The highest BCUT2D eigenvalue weighted by atomic mass is 19.1. The molecule has 1 N–H and O–H groups in total. The number of benzene rings is 1. The number of anilines is 1. The van der Waals surface area contributed by atoms with Crippen LogP contribution in [0.2, 0.25) is 0 Å². The molecule has 1 heterocycles. The number of nitrogens with zero attached hydrogens (tertiary/aromatic N) is 2. The maximum absolute atomic E-state index is 14.1. The molecule has 7 nitrogen and oxygen atoms in total. The van der Waals surface area contributed by atoms with Crippen molar-refractivity contribution in [2.24, 2.45) is 0 Å². The fourth-order valence-electron chi connectivity index (χ4n) is 2.48. The molecule has 1 atom stereocenters. The number of para-hydroxylation sites is 1. The molecule has 26 heavy (non-hydrogen) atoms. The maximum Gasteiger partial charge on any atom is 0.410 e. The van der Waals surface area contributed by atoms with Crippen LogP contribution in [-0.4, -0.2) is 41.7 Å². The SMILES string of the molecule is CC(C)(C)OC(=O)N1CCC(Oc2cccc(F)c2NC(=O)CC#N)C1. The minimum absolute atomic E-state index is 0.108. The summed E-state index contributed by atoms with van der Waals surface area (Å²) in [6.45, 7) is 6.13. The van der Waals surface area contributed by atoms with E-state index < -0.39 is 23.4 Å². The first-order chi connectivity index (χ1) is 12.2. The van der Waals surface area contributed by atoms with Crippen molar-refractivity contribution in [3.05, 3.63) is 24.0 Å². The molecule has 2 rings (SSSR count). The summed E-state index contributed by atoms with van der Waals surface area (Å²) >= 11 is 0. The number of hydrogen-bond acceptors (Lipinski definition) is 5. The summed E-state index contributed by atoms with van der Waals surface area (Å²) in [5.74, 6) is -1.12. The molecule has 1 unspecified atom stereocenters. The predicted molar refractivity (Wildman–Crippen MR) is 92.1 cm³/mol. The number of nitrogens with one attached hydrogen (secondary N) is 1. The molecule has 1 saturated heterocycles. The molecule has 1 fully saturated rings. The van der Waals surface area contributed by atoms with Crippen LogP contribution >= 0.6 is 0 Å². The summed E-state index contributed by atoms with van der Waals surface area (Å²) in [6, 6.07) is 5.89. The van der Waals surface area contributed by atoms with Crippen LogP contribution < -0.4 is 10.1 Å². The first-order valence-electron chi connectivity index (χ1n) is 8.29. The van der Waals surface area contributed by atoms with Gasteiger partial charge in [-0.1, -0.05) is 6.07 Å². The number of nitriles is 1. The normalized spacial score (nSPS) is 16.7. The van der Waals surface area contributed by atoms with Gasteiger partial charge >= 0.3 is 6.09 Å². The zero-order valence-corrected chi connectivity index (χ0v) is 15.0. The molecule has 0 bridgehead atoms. The number of carbonyl (C=O) groups excluding carboxylic acids is 2. The van der Waals surface area contributed by atoms with Gasteiger partial charge in [-0.25, -0.2) is 9.18 Å². The van der Waals surface area contributed by atoms with Crippen LogP contribution in [0.15, 0.2) is 18.2 Å². The summed E-state index contributed by atoms with van der Waals surface area (Å²) in [7, 11) is 0. The van der Waals surface area contributed by atoms with Crippen molar-refractivity contribution in [1.82, 2.24) is 4.90 Å². The third-order valence-electron chi connectivity index (χ3n) is 3.57. The molecule has 1 aromatic rings. The van der Waals surface area contributed by atoms with Gasteiger partial charge in [0.25, 0.3) is 0 Å². The van der Waals surface area contributed by atoms with Gasteiger partial charge in [-0.15, -0.1) is 0 Å². The van der Waals surface area contributed by atoms with E-state index in [1.807, 2.05) is 0 Å². The van der Waals surface area contributed by atoms with E-state index in [2.05, 4.69) is 5.32 Å². The molecule has 8 heteroatoms. The summed E-state index contributed by atoms with van der Waals surface area (Å²) in [5, 5.41) is 10.9. The van der Waals surface area contributed by atoms with E-state index in [4.69, 9.17) is 14.7 Å². The van der Waals surface area contributed by atoms with Crippen molar-refractivity contribution in [2.45, 2.75) is 45.3 Å². The van der Waals surface area contributed by atoms with Crippen molar-refractivity contribution in [2.75, 3.05) is 18.4 Å². The van der Waals surface area contributed by atoms with Gasteiger partial charge in [0.05, 0.1) is 12.6 Å². The average Bonchev–Trinajstić information content (AvgIpc) is 2.98. The number of likely N-dealkylation sites (tertiary alicyclic amines) is 1. The first-order valence-corrected chi connectivity index (χ1v) is 8.29. The monoisotopic (exact) mass is 363 g/mol. The van der Waals surface area contributed by atoms with Gasteiger partial charge in [-0.2, -0.15) is 5.26 Å². The zero-order chi connectivity index (χ0) is 19.3. The Morgan fingerprint density at radius 2 is 2.15 bits per heavy atom. The molecule has 1 aliphatic rings. The van der Waals surface area contributed by atoms with E-state index in [9.17, 15) is 14.0 Å². The number of halogens is 1. The molecule has 140 valence electrons. The third-order valence-corrected chi connectivity index (χ3v) is 3.57. The second-order valence-electron chi connectivity index (χ2n) is 6.95. The van der Waals surface area contributed by atoms with Crippen LogP contribution in [-0.2, 0) is 9.53 Å². The lowest BCUT2D eigenvalue weighted by Crippen LogP contribution is -2.36. The van der Waals surface area contributed by atoms with Crippen molar-refractivity contribution in [3.63, 3.8) is 0 Å². The number of ether oxygens (including phenoxy) is 2. The summed E-state index contributed by atoms with van der Waals surface area (Å²) in [6.07, 6.45) is -0.605. The highest BCUT2D eigenvalue weighted by Gasteiger charge is 2.31. The molecule has 0 aromatic heterocycles. The summed E-state index contributed by atoms with van der Waals surface area (Å²) in [5.41, 5.74) is -0.694. The van der Waals surface area contributed by atoms with Crippen molar-refractivity contribution >= 4 is 17.7 Å². The largest absolute Gasteiger partial charge is 0.486 e. The van der Waals surface area contributed by atoms with E-state index >= 15 is 0 Å². The van der Waals surface area contributed by atoms with E-state index in [1.165, 1.54) is 23.1 Å². The first kappa shape index (κ1) is 19.5. The highest BCUT2D eigenvalue weighted by Crippen LogP contribution is 2.30. The Balaban J connectivity index is 2.03. The summed E-state index contributed by atoms with van der Waals surface area (Å²) in [4.78, 5) is 25.2. The Morgan fingerprint density at radius 1 is 1.42 bits per heavy atom. The number of amides is 2. The van der Waals surface area contributed by atoms with Crippen molar-refractivity contribution < 1.29 is 23.5 Å². The minimum atomic E-state index is -0.657. The van der Waals surface area contributed by atoms with Crippen LogP contribution in [0, 0.1) is 17.1 Å². The molecular formula is C18H22FN3O4. The smallest absolute Gasteiger partial charge is 0.410 e. The fraction of sp³-hybridized carbons (Fsp3) is 0.500. The van der Waals surface area contributed by atoms with E-state index in [0.717, 1.165) is 0 Å². The fourth-order valence-corrected chi connectivity index (χ4v) is 2.48. The molecule has 0 saturated carbocycles. The van der Waals surface area contributed by atoms with Gasteiger partial charge in [0.1, 0.15) is 29.6 Å². The van der Waals surface area contributed by atoms with E-state index in [0.29, 0.717) is 19.5 Å². The molecule has 1 aliphatic heterocycles. The van der Waals surface area contributed by atoms with Crippen molar-refractivity contribution in [3.8, 4) is 11.8 Å². The van der Waals surface area contributed by atoms with Gasteiger partial charge in [0.2, 0.25) is 5.91 Å². The average molecular weight is 363 g/mol. The molecule has 0 radical (unpaired) electrons. The van der Waals surface area contributed by atoms with Gasteiger partial charge in [0.15, 0.2) is 5.82 Å². The van der Waals surface area contributed by atoms with Crippen LogP contribution in [0.1, 0.15) is 33.6 Å². The van der Waals surface area contributed by atoms with Gasteiger partial charge < -0.3 is 19.7 Å². The Hall–Kier alpha value is -2.82. The Kier molecular flexibility index (Phi) is 6.03. The zero-order valence-electron chi connectivity index (χ0n) is 15.0. The quantitative estimate of drug-likeness (QED) is 0.888. The maximum atomic E-state index is 14.1. The predicted octanol–water partition coefficient (Wildman–Crippen LogP) is 3.07. The lowest BCUT2D eigenvalue weighted by Gasteiger charge is -2.24. The Labute approximate surface area is 151 Å². The second-order valence-corrected chi connectivity index (χ2v) is 6.95. The standard InChI is InChI=1S/C18H22FN3O4/c1-18(2,3)26-17(24)22-10-8-12(11-22)25-14-6-4-5-13(19)16(14)21-15(23)7-9-20/h4-6,12H,7-8,10-11H2,1-3H3,(H,21,23). The molecule has 0 spiro atoms. The topological polar surface area (TPSA) is 91.7 Å². The van der Waals surface area contributed by atoms with Crippen LogP contribution in [0.25, 0.3) is 0 Å². The molecule has 1 aromatic carbocycles. The number of hydrogen-bond donors (Lipinski definition) is 1. The van der Waals surface area contributed by atoms with Gasteiger partial charge in [0, 0.05) is 13.0 Å². The van der Waals surface area contributed by atoms with Crippen molar-refractivity contribution in [1.29, 1.82) is 5.26 Å². The second kappa shape index (κ2) is 8.04. The van der Waals surface area contributed by atoms with E-state index in [1.54, 1.807) is 26.8 Å². The Morgan fingerprint density at radius 3 is 2.81 bits per heavy atom. The lowest BCUT2D eigenvalue weighted by atomic mass is 10.2. The lowest BCUT2D eigenvalue weighted by molar-refractivity contribution is -0.115. The van der Waals surface area contributed by atoms with Gasteiger partial charge in [-0.05, 0) is 32.9 Å². The van der Waals surface area contributed by atoms with Crippen LogP contribution in [0.5, 0.6) is 5.75 Å². The number of carbonyl (C=O) groups is 2. The minimum Gasteiger partial charge on any atom is -0.486 e. The third kappa shape index (κ3) is 5.34. The van der Waals surface area contributed by atoms with Crippen LogP contribution in [0.4, 0.5) is 14.9 Å². The number of rotatable bonds is 4. The molecule has 2 amide bonds. The Bertz CT molecular complexity index is 724.